The standard InChI is InChI=1S/C19H19FN4O2/c1-13-22-19(26-23-13)14-7-8-17(21-11-14)25-16-6-4-5-15(18(16)20)12-24-9-2-3-10-24/h4-8,11H,2-3,9-10,12H2,1H3. The molecule has 134 valence electrons. The molecule has 0 radical (unpaired) electrons. The van der Waals surface area contributed by atoms with E-state index >= 15 is 0 Å². The molecule has 0 unspecified atom stereocenters. The van der Waals surface area contributed by atoms with Crippen molar-refractivity contribution in [2.24, 2.45) is 0 Å². The Hall–Kier alpha value is -2.80. The average molecular weight is 354 g/mol. The van der Waals surface area contributed by atoms with Gasteiger partial charge in [0.15, 0.2) is 17.4 Å². The molecule has 0 spiro atoms. The van der Waals surface area contributed by atoms with E-state index in [-0.39, 0.29) is 11.6 Å². The van der Waals surface area contributed by atoms with E-state index in [1.54, 1.807) is 43.5 Å². The van der Waals surface area contributed by atoms with Gasteiger partial charge in [-0.2, -0.15) is 4.98 Å². The summed E-state index contributed by atoms with van der Waals surface area (Å²) < 4.78 is 25.5. The zero-order chi connectivity index (χ0) is 17.9. The predicted molar refractivity (Wildman–Crippen MR) is 93.3 cm³/mol. The fourth-order valence-electron chi connectivity index (χ4n) is 3.03. The zero-order valence-electron chi connectivity index (χ0n) is 14.5. The Morgan fingerprint density at radius 3 is 2.73 bits per heavy atom. The number of halogens is 1. The lowest BCUT2D eigenvalue weighted by Crippen LogP contribution is -2.19. The first kappa shape index (κ1) is 16.7. The van der Waals surface area contributed by atoms with Crippen molar-refractivity contribution in [2.75, 3.05) is 13.1 Å². The number of hydrogen-bond donors (Lipinski definition) is 0. The molecule has 0 amide bonds. The molecule has 1 aliphatic heterocycles. The number of hydrogen-bond acceptors (Lipinski definition) is 6. The molecular weight excluding hydrogens is 335 g/mol. The highest BCUT2D eigenvalue weighted by molar-refractivity contribution is 5.51. The number of rotatable bonds is 5. The van der Waals surface area contributed by atoms with Gasteiger partial charge in [0.05, 0.1) is 5.56 Å². The van der Waals surface area contributed by atoms with Crippen molar-refractivity contribution in [3.63, 3.8) is 0 Å². The number of pyridine rings is 1. The number of likely N-dealkylation sites (tertiary alicyclic amines) is 1. The van der Waals surface area contributed by atoms with E-state index in [2.05, 4.69) is 20.0 Å². The van der Waals surface area contributed by atoms with Crippen LogP contribution in [0, 0.1) is 12.7 Å². The normalized spacial score (nSPS) is 14.7. The largest absolute Gasteiger partial charge is 0.436 e. The number of ether oxygens (including phenoxy) is 1. The number of nitrogens with zero attached hydrogens (tertiary/aromatic N) is 4. The topological polar surface area (TPSA) is 64.3 Å². The van der Waals surface area contributed by atoms with Gasteiger partial charge in [0, 0.05) is 24.4 Å². The van der Waals surface area contributed by atoms with Crippen LogP contribution in [0.4, 0.5) is 4.39 Å². The van der Waals surface area contributed by atoms with Crippen molar-refractivity contribution in [1.82, 2.24) is 20.0 Å². The first-order chi connectivity index (χ1) is 12.7. The van der Waals surface area contributed by atoms with Crippen LogP contribution in [0.3, 0.4) is 0 Å². The van der Waals surface area contributed by atoms with Crippen LogP contribution in [-0.2, 0) is 6.54 Å². The Labute approximate surface area is 150 Å². The summed E-state index contributed by atoms with van der Waals surface area (Å²) in [5, 5.41) is 3.75. The summed E-state index contributed by atoms with van der Waals surface area (Å²) in [5.74, 6) is 1.09. The van der Waals surface area contributed by atoms with Crippen LogP contribution in [0.5, 0.6) is 11.6 Å². The molecule has 7 heteroatoms. The second-order valence-corrected chi connectivity index (χ2v) is 6.35. The minimum atomic E-state index is -0.335. The van der Waals surface area contributed by atoms with E-state index in [0.29, 0.717) is 35.3 Å². The Balaban J connectivity index is 1.50. The molecule has 1 saturated heterocycles. The van der Waals surface area contributed by atoms with Gasteiger partial charge in [0.1, 0.15) is 0 Å². The second kappa shape index (κ2) is 7.21. The SMILES string of the molecule is Cc1noc(-c2ccc(Oc3cccc(CN4CCCC4)c3F)nc2)n1. The van der Waals surface area contributed by atoms with Gasteiger partial charge in [-0.05, 0) is 45.0 Å². The Kier molecular flexibility index (Phi) is 4.62. The zero-order valence-corrected chi connectivity index (χ0v) is 14.5. The molecule has 0 N–H and O–H groups in total. The quantitative estimate of drug-likeness (QED) is 0.691. The maximum absolute atomic E-state index is 14.7. The van der Waals surface area contributed by atoms with Crippen LogP contribution in [0.1, 0.15) is 24.2 Å². The molecule has 26 heavy (non-hydrogen) atoms. The summed E-state index contributed by atoms with van der Waals surface area (Å²) in [6.45, 7) is 4.38. The number of aromatic nitrogens is 3. The van der Waals surface area contributed by atoms with Gasteiger partial charge >= 0.3 is 0 Å². The van der Waals surface area contributed by atoms with Gasteiger partial charge in [-0.3, -0.25) is 4.90 Å². The Bertz CT molecular complexity index is 889. The molecule has 0 bridgehead atoms. The van der Waals surface area contributed by atoms with Gasteiger partial charge in [-0.1, -0.05) is 17.3 Å². The molecule has 0 atom stereocenters. The van der Waals surface area contributed by atoms with Crippen molar-refractivity contribution in [1.29, 1.82) is 0 Å². The highest BCUT2D eigenvalue weighted by Gasteiger charge is 2.17. The van der Waals surface area contributed by atoms with Gasteiger partial charge < -0.3 is 9.26 Å². The predicted octanol–water partition coefficient (Wildman–Crippen LogP) is 3.97. The van der Waals surface area contributed by atoms with Gasteiger partial charge in [0.2, 0.25) is 5.88 Å². The van der Waals surface area contributed by atoms with E-state index in [1.807, 2.05) is 0 Å². The minimum Gasteiger partial charge on any atom is -0.436 e. The van der Waals surface area contributed by atoms with Crippen molar-refractivity contribution in [3.05, 3.63) is 53.7 Å². The molecular formula is C19H19FN4O2. The van der Waals surface area contributed by atoms with Crippen LogP contribution in [0.15, 0.2) is 41.1 Å². The highest BCUT2D eigenvalue weighted by Crippen LogP contribution is 2.27. The molecule has 0 saturated carbocycles. The van der Waals surface area contributed by atoms with Gasteiger partial charge in [-0.15, -0.1) is 0 Å². The molecule has 2 aromatic heterocycles. The Morgan fingerprint density at radius 1 is 1.19 bits per heavy atom. The third-order valence-electron chi connectivity index (χ3n) is 4.36. The molecule has 1 aromatic carbocycles. The number of benzene rings is 1. The monoisotopic (exact) mass is 354 g/mol. The minimum absolute atomic E-state index is 0.176. The van der Waals surface area contributed by atoms with Crippen molar-refractivity contribution >= 4 is 0 Å². The second-order valence-electron chi connectivity index (χ2n) is 6.35. The van der Waals surface area contributed by atoms with E-state index in [1.165, 1.54) is 12.8 Å². The summed E-state index contributed by atoms with van der Waals surface area (Å²) in [5.41, 5.74) is 1.32. The fourth-order valence-corrected chi connectivity index (χ4v) is 3.03. The summed E-state index contributed by atoms with van der Waals surface area (Å²) in [4.78, 5) is 10.6. The average Bonchev–Trinajstić information content (AvgIpc) is 3.31. The number of aryl methyl sites for hydroxylation is 1. The summed E-state index contributed by atoms with van der Waals surface area (Å²) in [6, 6.07) is 8.62. The van der Waals surface area contributed by atoms with Crippen molar-refractivity contribution in [3.8, 4) is 23.1 Å². The fraction of sp³-hybridized carbons (Fsp3) is 0.316. The van der Waals surface area contributed by atoms with Crippen LogP contribution in [-0.4, -0.2) is 33.1 Å². The van der Waals surface area contributed by atoms with Gasteiger partial charge in [-0.25, -0.2) is 9.37 Å². The Morgan fingerprint density at radius 2 is 2.04 bits per heavy atom. The van der Waals surface area contributed by atoms with Crippen molar-refractivity contribution in [2.45, 2.75) is 26.3 Å². The van der Waals surface area contributed by atoms with Crippen LogP contribution < -0.4 is 4.74 Å². The lowest BCUT2D eigenvalue weighted by Gasteiger charge is -2.16. The molecule has 0 aliphatic carbocycles. The molecule has 3 aromatic rings. The van der Waals surface area contributed by atoms with Gasteiger partial charge in [0.25, 0.3) is 5.89 Å². The third kappa shape index (κ3) is 3.57. The maximum atomic E-state index is 14.7. The van der Waals surface area contributed by atoms with Crippen LogP contribution in [0.2, 0.25) is 0 Å². The van der Waals surface area contributed by atoms with Crippen molar-refractivity contribution < 1.29 is 13.7 Å². The molecule has 1 aliphatic rings. The lowest BCUT2D eigenvalue weighted by atomic mass is 10.2. The molecule has 3 heterocycles. The van der Waals surface area contributed by atoms with Crippen LogP contribution in [0.25, 0.3) is 11.5 Å². The molecule has 1 fully saturated rings. The molecule has 4 rings (SSSR count). The lowest BCUT2D eigenvalue weighted by molar-refractivity contribution is 0.322. The van der Waals surface area contributed by atoms with E-state index in [9.17, 15) is 4.39 Å². The summed E-state index contributed by atoms with van der Waals surface area (Å²) in [6.07, 6.45) is 3.91. The van der Waals surface area contributed by atoms with E-state index in [4.69, 9.17) is 9.26 Å². The van der Waals surface area contributed by atoms with E-state index in [0.717, 1.165) is 13.1 Å². The summed E-state index contributed by atoms with van der Waals surface area (Å²) >= 11 is 0. The van der Waals surface area contributed by atoms with E-state index < -0.39 is 0 Å². The summed E-state index contributed by atoms with van der Waals surface area (Å²) in [7, 11) is 0. The van der Waals surface area contributed by atoms with Crippen LogP contribution >= 0.6 is 0 Å². The first-order valence-corrected chi connectivity index (χ1v) is 8.63. The first-order valence-electron chi connectivity index (χ1n) is 8.63. The molecule has 6 nitrogen and oxygen atoms in total. The third-order valence-corrected chi connectivity index (χ3v) is 4.36. The maximum Gasteiger partial charge on any atom is 0.259 e. The smallest absolute Gasteiger partial charge is 0.259 e. The highest BCUT2D eigenvalue weighted by atomic mass is 19.1.